The number of urea groups is 1. The molecule has 133 heavy (non-hydrogen) atoms. The molecule has 14 atom stereocenters. The van der Waals surface area contributed by atoms with Crippen LogP contribution in [0.1, 0.15) is 165 Å². The number of rotatable bonds is 42. The summed E-state index contributed by atoms with van der Waals surface area (Å²) in [5, 5.41) is 85.5. The Morgan fingerprint density at radius 1 is 0.481 bits per heavy atom. The fourth-order valence-corrected chi connectivity index (χ4v) is 14.2. The number of nitrogens with two attached hydrogens (primary N) is 3. The number of ether oxygens (including phenoxy) is 1. The molecule has 3 aromatic carbocycles. The van der Waals surface area contributed by atoms with Crippen LogP contribution in [0.4, 0.5) is 10.5 Å². The maximum absolute atomic E-state index is 15.1. The number of para-hydroxylation sites is 3. The van der Waals surface area contributed by atoms with Gasteiger partial charge in [-0.1, -0.05) is 120 Å². The molecule has 0 spiro atoms. The van der Waals surface area contributed by atoms with E-state index in [1.165, 1.54) is 30.7 Å². The average molecular weight is 1860 g/mol. The number of aliphatic hydroxyl groups excluding tert-OH is 1. The molecular formula is C86H118N20O27. The molecule has 6 rings (SSSR count). The van der Waals surface area contributed by atoms with Gasteiger partial charge >= 0.3 is 35.9 Å². The van der Waals surface area contributed by atoms with Crippen molar-refractivity contribution in [2.45, 2.75) is 235 Å². The van der Waals surface area contributed by atoms with Gasteiger partial charge in [0, 0.05) is 71.4 Å². The van der Waals surface area contributed by atoms with Crippen LogP contribution in [0.3, 0.4) is 0 Å². The standard InChI is InChI=1S/C86H118N20O27/c1-5-6-7-8-9-10-11-12-13-20-29-91-86(132)104-57(33-48-40-93-55-27-19-16-23-50(48)55)79(125)100-58(35-65(89)109)80(126)102-61(38-71(118)119)81(127)106-73-46(4)133-85(131)62(34-64(108)51-24-14-17-25-52(51)87)103-84(130)72(44(2)31-68(112)113)105-82(128)63(43-107)98-67(111)41-94-76(122)59(36-69(114)115)99-74(120)45(3)96-78(124)60(37-70(116)117)101-77(123)56(97-66(110)42-95-83(73)129)28-21-30-90-75(121)53(88)32-47-39-92-54-26-18-15-22-49(47)54/h14-19,22-27,39-40,44-46,53,56-63,72-73,92-93,107H,5-13,20-21,28-38,41-43,87-88H2,1-4H3,(H2,89,109)(H,90,121)(H,94,122)(H,95,129)(H,96,124)(H,97,110)(H,98,111)(H,99,120)(H,100,125)(H,101,123)(H,102,126)(H,103,130)(H,105,128)(H,106,127)(H,112,113)(H,114,115)(H,116,117)(H,118,119)(H2,91,104,132). The fraction of sp³-hybridized carbons (Fsp3) is 0.500. The highest BCUT2D eigenvalue weighted by Gasteiger charge is 2.42. The van der Waals surface area contributed by atoms with Gasteiger partial charge in [0.1, 0.15) is 72.6 Å². The number of Topliss-reactive ketones (excluding diaryl/α,β-unsaturated/α-hetero) is 1. The lowest BCUT2D eigenvalue weighted by atomic mass is 9.96. The van der Waals surface area contributed by atoms with E-state index in [4.69, 9.17) is 21.9 Å². The van der Waals surface area contributed by atoms with Gasteiger partial charge in [0.2, 0.25) is 82.7 Å². The minimum absolute atomic E-state index is 0.0207. The first kappa shape index (κ1) is 107. The maximum Gasteiger partial charge on any atom is 0.329 e. The van der Waals surface area contributed by atoms with Crippen LogP contribution in [0.2, 0.25) is 0 Å². The Labute approximate surface area is 761 Å². The molecule has 16 amide bonds. The van der Waals surface area contributed by atoms with Crippen LogP contribution in [0, 0.1) is 5.92 Å². The zero-order chi connectivity index (χ0) is 98.1. The number of aromatic amines is 2. The Kier molecular flexibility index (Phi) is 43.6. The summed E-state index contributed by atoms with van der Waals surface area (Å²) >= 11 is 0. The van der Waals surface area contributed by atoms with E-state index >= 15 is 9.59 Å². The number of hydrogen-bond acceptors (Lipinski definition) is 25. The lowest BCUT2D eigenvalue weighted by Crippen LogP contribution is -2.62. The molecule has 28 N–H and O–H groups in total. The summed E-state index contributed by atoms with van der Waals surface area (Å²) in [5.41, 5.74) is 20.1. The van der Waals surface area contributed by atoms with Crippen molar-refractivity contribution in [2.24, 2.45) is 17.4 Å². The maximum atomic E-state index is 15.1. The Bertz CT molecular complexity index is 5000. The number of fused-ring (bicyclic) bond motifs is 2. The van der Waals surface area contributed by atoms with E-state index in [2.05, 4.69) is 80.7 Å². The second-order valence-electron chi connectivity index (χ2n) is 32.1. The predicted octanol–water partition coefficient (Wildman–Crippen LogP) is -3.45. The molecule has 2 aromatic heterocycles. The van der Waals surface area contributed by atoms with Crippen molar-refractivity contribution >= 4 is 152 Å². The average Bonchev–Trinajstić information content (AvgIpc) is 1.62. The minimum atomic E-state index is -2.51. The molecule has 0 bridgehead atoms. The highest BCUT2D eigenvalue weighted by molar-refractivity contribution is 6.05. The van der Waals surface area contributed by atoms with Crippen LogP contribution in [-0.2, 0) is 109 Å². The number of anilines is 1. The quantitative estimate of drug-likeness (QED) is 0.00782. The normalized spacial score (nSPS) is 20.1. The van der Waals surface area contributed by atoms with Crippen LogP contribution in [0.25, 0.3) is 21.8 Å². The number of hydrogen-bond donors (Lipinski definition) is 25. The summed E-state index contributed by atoms with van der Waals surface area (Å²) in [6, 6.07) is -6.17. The largest absolute Gasteiger partial charge is 0.481 e. The van der Waals surface area contributed by atoms with E-state index in [1.807, 2.05) is 16.0 Å². The van der Waals surface area contributed by atoms with Crippen LogP contribution in [0.5, 0.6) is 0 Å². The number of carboxylic acids is 4. The monoisotopic (exact) mass is 1860 g/mol. The summed E-state index contributed by atoms with van der Waals surface area (Å²) in [7, 11) is 0. The van der Waals surface area contributed by atoms with Crippen LogP contribution in [0.15, 0.2) is 85.2 Å². The number of carboxylic acid groups (broad SMARTS) is 4. The summed E-state index contributed by atoms with van der Waals surface area (Å²) in [6.07, 6.45) is 2.71. The van der Waals surface area contributed by atoms with Gasteiger partial charge < -0.3 is 137 Å². The number of nitrogens with one attached hydrogen (secondary N) is 17. The van der Waals surface area contributed by atoms with E-state index in [1.54, 1.807) is 60.9 Å². The fourth-order valence-electron chi connectivity index (χ4n) is 14.2. The highest BCUT2D eigenvalue weighted by Crippen LogP contribution is 2.23. The number of nitrogen functional groups attached to an aromatic ring is 1. The Hall–Kier alpha value is -14.7. The Morgan fingerprint density at radius 3 is 1.55 bits per heavy atom. The van der Waals surface area contributed by atoms with Gasteiger partial charge in [-0.2, -0.15) is 0 Å². The van der Waals surface area contributed by atoms with E-state index in [0.717, 1.165) is 83.0 Å². The zero-order valence-corrected chi connectivity index (χ0v) is 73.8. The number of cyclic esters (lactones) is 1. The van der Waals surface area contributed by atoms with Crippen molar-refractivity contribution in [3.05, 3.63) is 102 Å². The number of carbonyl (C=O) groups excluding carboxylic acids is 17. The second kappa shape index (κ2) is 54.1. The summed E-state index contributed by atoms with van der Waals surface area (Å²) in [5.74, 6) is -30.6. The Morgan fingerprint density at radius 2 is 0.977 bits per heavy atom. The number of primary amides is 1. The lowest BCUT2D eigenvalue weighted by molar-refractivity contribution is -0.156. The third-order valence-corrected chi connectivity index (χ3v) is 21.4. The third-order valence-electron chi connectivity index (χ3n) is 21.4. The minimum Gasteiger partial charge on any atom is -0.481 e. The number of aromatic nitrogens is 2. The molecule has 0 radical (unpaired) electrons. The van der Waals surface area contributed by atoms with Gasteiger partial charge in [-0.3, -0.25) is 91.1 Å². The summed E-state index contributed by atoms with van der Waals surface area (Å²) < 4.78 is 5.75. The van der Waals surface area contributed by atoms with E-state index in [9.17, 15) is 117 Å². The number of H-pyrrole nitrogens is 2. The van der Waals surface area contributed by atoms with E-state index in [0.29, 0.717) is 28.5 Å². The molecule has 1 aliphatic rings. The van der Waals surface area contributed by atoms with Crippen LogP contribution >= 0.6 is 0 Å². The molecule has 47 heteroatoms. The van der Waals surface area contributed by atoms with Crippen molar-refractivity contribution in [2.75, 3.05) is 38.5 Å². The van der Waals surface area contributed by atoms with Crippen LogP contribution in [-0.4, -0.2) is 271 Å². The van der Waals surface area contributed by atoms with Gasteiger partial charge in [0.15, 0.2) is 5.78 Å². The van der Waals surface area contributed by atoms with E-state index in [-0.39, 0.29) is 43.6 Å². The molecule has 1 saturated heterocycles. The van der Waals surface area contributed by atoms with Crippen molar-refractivity contribution in [1.29, 1.82) is 0 Å². The molecule has 3 heterocycles. The molecule has 1 fully saturated rings. The number of carbonyl (C=O) groups is 21. The smallest absolute Gasteiger partial charge is 0.329 e. The number of benzene rings is 3. The third kappa shape index (κ3) is 36.0. The van der Waals surface area contributed by atoms with Crippen molar-refractivity contribution in [1.82, 2.24) is 89.7 Å². The molecule has 47 nitrogen and oxygen atoms in total. The van der Waals surface area contributed by atoms with E-state index < -0.39 is 274 Å². The number of aliphatic hydroxyl groups is 1. The number of ketones is 1. The number of amides is 16. The van der Waals surface area contributed by atoms with Gasteiger partial charge in [0.05, 0.1) is 57.8 Å². The number of aliphatic carboxylic acids is 4. The molecule has 724 valence electrons. The molecule has 14 unspecified atom stereocenters. The summed E-state index contributed by atoms with van der Waals surface area (Å²) in [4.78, 5) is 297. The number of unbranched alkanes of at least 4 members (excludes halogenated alkanes) is 9. The second-order valence-corrected chi connectivity index (χ2v) is 32.1. The number of esters is 1. The first-order valence-corrected chi connectivity index (χ1v) is 43.3. The van der Waals surface area contributed by atoms with Crippen molar-refractivity contribution < 1.29 is 131 Å². The first-order chi connectivity index (χ1) is 63.2. The van der Waals surface area contributed by atoms with Crippen molar-refractivity contribution in [3.8, 4) is 0 Å². The van der Waals surface area contributed by atoms with Crippen LogP contribution < -0.4 is 97.0 Å². The topological polar surface area (TPSA) is 759 Å². The Balaban J connectivity index is 1.41. The van der Waals surface area contributed by atoms with Gasteiger partial charge in [0.25, 0.3) is 0 Å². The zero-order valence-electron chi connectivity index (χ0n) is 73.8. The SMILES string of the molecule is CCCCCCCCCCCCNC(=O)NC(Cc1c[nH]c2ccccc12)C(=O)NC(CC(N)=O)C(=O)NC(CC(=O)O)C(=O)NC1C(=O)NCC(=O)NC(CCCNC(=O)C(N)Cc2c[nH]c3ccccc23)C(=O)NC(CC(=O)O)C(=O)NC(C)C(=O)NC(CC(=O)O)C(=O)NCC(=O)NC(CO)C(=O)NC(C(C)CC(=O)O)C(=O)NC(CC(=O)c2ccccc2N)C(=O)OC1C. The highest BCUT2D eigenvalue weighted by atomic mass is 16.5. The van der Waals surface area contributed by atoms with Gasteiger partial charge in [-0.05, 0) is 80.8 Å². The molecule has 5 aromatic rings. The predicted molar refractivity (Wildman–Crippen MR) is 472 cm³/mol. The molecule has 0 saturated carbocycles. The molecular weight excluding hydrogens is 1750 g/mol. The summed E-state index contributed by atoms with van der Waals surface area (Å²) in [6.45, 7) is 1.08. The van der Waals surface area contributed by atoms with Crippen molar-refractivity contribution in [3.63, 3.8) is 0 Å². The molecule has 1 aliphatic heterocycles. The first-order valence-electron chi connectivity index (χ1n) is 43.3. The molecule has 0 aliphatic carbocycles. The van der Waals surface area contributed by atoms with Gasteiger partial charge in [-0.25, -0.2) is 9.59 Å². The lowest BCUT2D eigenvalue weighted by Gasteiger charge is -2.30. The van der Waals surface area contributed by atoms with Gasteiger partial charge in [-0.15, -0.1) is 0 Å².